The second kappa shape index (κ2) is 18.0. The van der Waals surface area contributed by atoms with E-state index in [-0.39, 0.29) is 72.1 Å². The van der Waals surface area contributed by atoms with Gasteiger partial charge in [0.15, 0.2) is 0 Å². The number of carbonyl (C=O) groups is 5. The van der Waals surface area contributed by atoms with E-state index in [4.69, 9.17) is 4.74 Å². The number of amides is 1. The SMILES string of the molecule is CCC(C(=O)NCC(=O)OCc1ccccc1)N1CCN(CC(=O)O)CCN(CC(=O)O)CCN(CC(=O)O)CC1. The van der Waals surface area contributed by atoms with Crippen LogP contribution in [0.5, 0.6) is 0 Å². The first-order chi connectivity index (χ1) is 19.6. The molecule has 41 heavy (non-hydrogen) atoms. The van der Waals surface area contributed by atoms with Crippen LogP contribution in [0.15, 0.2) is 30.3 Å². The van der Waals surface area contributed by atoms with Crippen molar-refractivity contribution in [3.63, 3.8) is 0 Å². The molecule has 1 aromatic rings. The first-order valence-corrected chi connectivity index (χ1v) is 13.6. The topological polar surface area (TPSA) is 180 Å². The molecular weight excluding hydrogens is 538 g/mol. The van der Waals surface area contributed by atoms with E-state index >= 15 is 0 Å². The Balaban J connectivity index is 2.10. The van der Waals surface area contributed by atoms with Crippen LogP contribution in [0.25, 0.3) is 0 Å². The summed E-state index contributed by atoms with van der Waals surface area (Å²) < 4.78 is 5.23. The Morgan fingerprint density at radius 3 is 1.61 bits per heavy atom. The number of carboxylic acid groups (broad SMARTS) is 3. The van der Waals surface area contributed by atoms with Crippen molar-refractivity contribution in [1.82, 2.24) is 24.9 Å². The zero-order chi connectivity index (χ0) is 30.2. The third-order valence-electron chi connectivity index (χ3n) is 6.73. The molecule has 4 N–H and O–H groups in total. The lowest BCUT2D eigenvalue weighted by Gasteiger charge is -2.35. The summed E-state index contributed by atoms with van der Waals surface area (Å²) in [4.78, 5) is 66.6. The molecule has 1 saturated heterocycles. The number of carbonyl (C=O) groups excluding carboxylic acids is 2. The Labute approximate surface area is 239 Å². The molecule has 0 aliphatic carbocycles. The predicted octanol–water partition coefficient (Wildman–Crippen LogP) is -0.900. The molecule has 1 aliphatic rings. The summed E-state index contributed by atoms with van der Waals surface area (Å²) in [6.45, 7) is 3.14. The lowest BCUT2D eigenvalue weighted by molar-refractivity contribution is -0.145. The molecule has 1 fully saturated rings. The fourth-order valence-electron chi connectivity index (χ4n) is 4.59. The number of nitrogens with one attached hydrogen (secondary N) is 1. The Morgan fingerprint density at radius 2 is 1.20 bits per heavy atom. The third kappa shape index (κ3) is 13.5. The van der Waals surface area contributed by atoms with Gasteiger partial charge in [-0.05, 0) is 12.0 Å². The van der Waals surface area contributed by atoms with Crippen LogP contribution in [0.2, 0.25) is 0 Å². The summed E-state index contributed by atoms with van der Waals surface area (Å²) >= 11 is 0. The molecule has 1 amide bonds. The molecule has 1 heterocycles. The van der Waals surface area contributed by atoms with Crippen molar-refractivity contribution >= 4 is 29.8 Å². The van der Waals surface area contributed by atoms with E-state index < -0.39 is 35.8 Å². The summed E-state index contributed by atoms with van der Waals surface area (Å²) in [5.41, 5.74) is 0.820. The molecule has 0 bridgehead atoms. The van der Waals surface area contributed by atoms with Gasteiger partial charge in [-0.15, -0.1) is 0 Å². The summed E-state index contributed by atoms with van der Waals surface area (Å²) in [5, 5.41) is 30.7. The van der Waals surface area contributed by atoms with E-state index in [2.05, 4.69) is 5.32 Å². The predicted molar refractivity (Wildman–Crippen MR) is 147 cm³/mol. The lowest BCUT2D eigenvalue weighted by atomic mass is 10.1. The summed E-state index contributed by atoms with van der Waals surface area (Å²) in [7, 11) is 0. The van der Waals surface area contributed by atoms with Crippen molar-refractivity contribution in [2.24, 2.45) is 0 Å². The van der Waals surface area contributed by atoms with Gasteiger partial charge in [-0.3, -0.25) is 43.6 Å². The van der Waals surface area contributed by atoms with Crippen LogP contribution in [0.4, 0.5) is 0 Å². The van der Waals surface area contributed by atoms with Crippen molar-refractivity contribution < 1.29 is 44.0 Å². The van der Waals surface area contributed by atoms with Crippen molar-refractivity contribution in [3.8, 4) is 0 Å². The minimum atomic E-state index is -1.03. The maximum Gasteiger partial charge on any atom is 0.325 e. The number of ether oxygens (including phenoxy) is 1. The first kappa shape index (κ1) is 33.6. The average molecular weight is 580 g/mol. The first-order valence-electron chi connectivity index (χ1n) is 13.6. The Kier molecular flexibility index (Phi) is 14.7. The third-order valence-corrected chi connectivity index (χ3v) is 6.73. The lowest BCUT2D eigenvalue weighted by Crippen LogP contribution is -2.53. The second-order valence-corrected chi connectivity index (χ2v) is 9.83. The van der Waals surface area contributed by atoms with E-state index in [1.54, 1.807) is 14.7 Å². The molecule has 2 rings (SSSR count). The largest absolute Gasteiger partial charge is 0.480 e. The fourth-order valence-corrected chi connectivity index (χ4v) is 4.59. The van der Waals surface area contributed by atoms with Gasteiger partial charge >= 0.3 is 23.9 Å². The number of esters is 1. The van der Waals surface area contributed by atoms with Crippen LogP contribution < -0.4 is 5.32 Å². The Hall–Kier alpha value is -3.59. The number of benzene rings is 1. The van der Waals surface area contributed by atoms with Crippen LogP contribution in [-0.4, -0.2) is 149 Å². The molecule has 0 spiro atoms. The monoisotopic (exact) mass is 579 g/mol. The summed E-state index contributed by atoms with van der Waals surface area (Å²) in [6, 6.07) is 8.50. The highest BCUT2D eigenvalue weighted by Gasteiger charge is 2.27. The van der Waals surface area contributed by atoms with Crippen molar-refractivity contribution in [3.05, 3.63) is 35.9 Å². The molecule has 14 nitrogen and oxygen atoms in total. The molecule has 0 aromatic heterocycles. The number of aliphatic carboxylic acids is 3. The maximum absolute atomic E-state index is 13.2. The molecule has 0 saturated carbocycles. The molecule has 1 unspecified atom stereocenters. The second-order valence-electron chi connectivity index (χ2n) is 9.83. The number of hydrogen-bond donors (Lipinski definition) is 4. The van der Waals surface area contributed by atoms with Crippen molar-refractivity contribution in [2.45, 2.75) is 26.0 Å². The molecule has 14 heteroatoms. The molecule has 1 aliphatic heterocycles. The van der Waals surface area contributed by atoms with Crippen LogP contribution in [-0.2, 0) is 35.3 Å². The molecule has 0 radical (unpaired) electrons. The summed E-state index contributed by atoms with van der Waals surface area (Å²) in [6.07, 6.45) is 0.398. The van der Waals surface area contributed by atoms with Gasteiger partial charge in [-0.2, -0.15) is 0 Å². The van der Waals surface area contributed by atoms with E-state index in [9.17, 15) is 39.3 Å². The fraction of sp³-hybridized carbons (Fsp3) is 0.593. The highest BCUT2D eigenvalue weighted by atomic mass is 16.5. The number of hydrogen-bond acceptors (Lipinski definition) is 10. The maximum atomic E-state index is 13.2. The average Bonchev–Trinajstić information content (AvgIpc) is 2.91. The van der Waals surface area contributed by atoms with Gasteiger partial charge in [0.25, 0.3) is 0 Å². The van der Waals surface area contributed by atoms with Crippen LogP contribution in [0, 0.1) is 0 Å². The molecular formula is C27H41N5O9. The van der Waals surface area contributed by atoms with E-state index in [1.807, 2.05) is 42.2 Å². The van der Waals surface area contributed by atoms with Crippen LogP contribution in [0.1, 0.15) is 18.9 Å². The van der Waals surface area contributed by atoms with Crippen molar-refractivity contribution in [1.29, 1.82) is 0 Å². The van der Waals surface area contributed by atoms with E-state index in [0.717, 1.165) is 5.56 Å². The summed E-state index contributed by atoms with van der Waals surface area (Å²) in [5.74, 6) is -4.06. The van der Waals surface area contributed by atoms with Gasteiger partial charge in [0.1, 0.15) is 13.2 Å². The normalized spacial score (nSPS) is 17.5. The highest BCUT2D eigenvalue weighted by molar-refractivity contribution is 5.85. The van der Waals surface area contributed by atoms with Crippen LogP contribution >= 0.6 is 0 Å². The molecule has 1 atom stereocenters. The molecule has 228 valence electrons. The zero-order valence-electron chi connectivity index (χ0n) is 23.4. The number of rotatable bonds is 13. The van der Waals surface area contributed by atoms with Gasteiger partial charge in [0.2, 0.25) is 5.91 Å². The smallest absolute Gasteiger partial charge is 0.325 e. The Bertz CT molecular complexity index is 978. The Morgan fingerprint density at radius 1 is 0.756 bits per heavy atom. The minimum absolute atomic E-state index is 0.0849. The van der Waals surface area contributed by atoms with Gasteiger partial charge in [-0.1, -0.05) is 37.3 Å². The number of carboxylic acids is 3. The van der Waals surface area contributed by atoms with Gasteiger partial charge in [0.05, 0.1) is 25.7 Å². The quantitative estimate of drug-likeness (QED) is 0.211. The highest BCUT2D eigenvalue weighted by Crippen LogP contribution is 2.08. The van der Waals surface area contributed by atoms with Gasteiger partial charge < -0.3 is 25.4 Å². The van der Waals surface area contributed by atoms with Gasteiger partial charge in [0, 0.05) is 52.4 Å². The minimum Gasteiger partial charge on any atom is -0.480 e. The van der Waals surface area contributed by atoms with E-state index in [1.165, 1.54) is 0 Å². The van der Waals surface area contributed by atoms with Gasteiger partial charge in [-0.25, -0.2) is 0 Å². The zero-order valence-corrected chi connectivity index (χ0v) is 23.4. The van der Waals surface area contributed by atoms with Crippen molar-refractivity contribution in [2.75, 3.05) is 78.5 Å². The van der Waals surface area contributed by atoms with Crippen LogP contribution in [0.3, 0.4) is 0 Å². The number of nitrogens with zero attached hydrogens (tertiary/aromatic N) is 4. The standard InChI is InChI=1S/C27H41N5O9/c1-2-22(27(40)28-16-26(39)41-20-21-6-4-3-5-7-21)32-14-12-30(18-24(35)36)10-8-29(17-23(33)34)9-11-31(13-15-32)19-25(37)38/h3-7,22H,2,8-20H2,1H3,(H,28,40)(H,33,34)(H,35,36)(H,37,38). The van der Waals surface area contributed by atoms with E-state index in [0.29, 0.717) is 19.5 Å². The molecule has 1 aromatic carbocycles.